The van der Waals surface area contributed by atoms with Crippen LogP contribution in [-0.4, -0.2) is 58.5 Å². The van der Waals surface area contributed by atoms with Crippen molar-refractivity contribution in [3.05, 3.63) is 82.3 Å². The van der Waals surface area contributed by atoms with Crippen molar-refractivity contribution in [1.29, 1.82) is 0 Å². The number of aromatic nitrogens is 2. The second kappa shape index (κ2) is 10.2. The molecular formula is C24H25ClF3N5O. The van der Waals surface area contributed by atoms with Gasteiger partial charge >= 0.3 is 6.18 Å². The van der Waals surface area contributed by atoms with Crippen LogP contribution in [0, 0.1) is 0 Å². The Kier molecular flexibility index (Phi) is 7.25. The number of carbonyl (C=O) groups is 1. The average Bonchev–Trinajstić information content (AvgIpc) is 3.29. The fourth-order valence-electron chi connectivity index (χ4n) is 3.81. The molecule has 1 saturated heterocycles. The molecule has 0 atom stereocenters. The molecule has 1 amide bonds. The van der Waals surface area contributed by atoms with Crippen LogP contribution >= 0.6 is 11.6 Å². The molecule has 0 radical (unpaired) electrons. The van der Waals surface area contributed by atoms with E-state index in [1.165, 1.54) is 16.3 Å². The topological polar surface area (TPSA) is 53.4 Å². The summed E-state index contributed by atoms with van der Waals surface area (Å²) in [4.78, 5) is 21.3. The highest BCUT2D eigenvalue weighted by molar-refractivity contribution is 6.32. The molecule has 1 aliphatic rings. The first-order chi connectivity index (χ1) is 16.2. The molecule has 1 aromatic carbocycles. The van der Waals surface area contributed by atoms with E-state index in [9.17, 15) is 18.0 Å². The van der Waals surface area contributed by atoms with Gasteiger partial charge in [-0.05, 0) is 36.4 Å². The fourth-order valence-corrected chi connectivity index (χ4v) is 4.07. The second-order valence-corrected chi connectivity index (χ2v) is 8.78. The van der Waals surface area contributed by atoms with Gasteiger partial charge in [-0.2, -0.15) is 13.2 Å². The number of nitrogens with one attached hydrogen (secondary N) is 1. The smallest absolute Gasteiger partial charge is 0.347 e. The van der Waals surface area contributed by atoms with Gasteiger partial charge in [0.2, 0.25) is 0 Å². The Morgan fingerprint density at radius 1 is 1.09 bits per heavy atom. The van der Waals surface area contributed by atoms with Gasteiger partial charge in [0.15, 0.2) is 5.82 Å². The van der Waals surface area contributed by atoms with Crippen LogP contribution in [0.2, 0.25) is 5.02 Å². The van der Waals surface area contributed by atoms with Gasteiger partial charge < -0.3 is 10.2 Å². The number of likely N-dealkylation sites (N-methyl/N-ethyl adjacent to an activating group) is 1. The lowest BCUT2D eigenvalue weighted by Gasteiger charge is -2.32. The van der Waals surface area contributed by atoms with Gasteiger partial charge in [0, 0.05) is 51.7 Å². The summed E-state index contributed by atoms with van der Waals surface area (Å²) in [5, 5.41) is 2.65. The minimum Gasteiger partial charge on any atom is -0.347 e. The van der Waals surface area contributed by atoms with Crippen molar-refractivity contribution >= 4 is 17.5 Å². The Bertz CT molecular complexity index is 1140. The number of carbonyl (C=O) groups excluding carboxylic acids is 1. The van der Waals surface area contributed by atoms with Crippen LogP contribution < -0.4 is 5.32 Å². The molecule has 0 unspecified atom stereocenters. The van der Waals surface area contributed by atoms with Crippen LogP contribution in [0.15, 0.2) is 54.9 Å². The third-order valence-electron chi connectivity index (χ3n) is 5.84. The van der Waals surface area contributed by atoms with Gasteiger partial charge in [0.1, 0.15) is 5.69 Å². The van der Waals surface area contributed by atoms with E-state index in [0.29, 0.717) is 12.7 Å². The third kappa shape index (κ3) is 5.78. The van der Waals surface area contributed by atoms with Gasteiger partial charge in [-0.1, -0.05) is 35.9 Å². The zero-order valence-corrected chi connectivity index (χ0v) is 19.4. The molecule has 6 nitrogen and oxygen atoms in total. The number of nitrogens with zero attached hydrogens (tertiary/aromatic N) is 4. The molecule has 0 saturated carbocycles. The van der Waals surface area contributed by atoms with Crippen molar-refractivity contribution < 1.29 is 18.0 Å². The maximum absolute atomic E-state index is 12.9. The molecular weight excluding hydrogens is 467 g/mol. The van der Waals surface area contributed by atoms with Gasteiger partial charge in [-0.3, -0.25) is 14.3 Å². The van der Waals surface area contributed by atoms with E-state index in [1.54, 1.807) is 12.1 Å². The predicted octanol–water partition coefficient (Wildman–Crippen LogP) is 4.22. The standard InChI is InChI=1S/C24H25ClF3N5O/c1-31-9-11-32(12-10-31)16-18-6-4-17(5-7-18)14-30-23(34)21-3-2-8-33(21)22-20(25)13-19(15-29-22)24(26,27)28/h2-8,13,15H,9-12,14,16H2,1H3,(H,30,34). The summed E-state index contributed by atoms with van der Waals surface area (Å²) < 4.78 is 40.1. The van der Waals surface area contributed by atoms with Gasteiger partial charge in [0.25, 0.3) is 5.91 Å². The van der Waals surface area contributed by atoms with Gasteiger partial charge in [0.05, 0.1) is 10.6 Å². The molecule has 1 N–H and O–H groups in total. The number of halogens is 4. The Balaban J connectivity index is 1.38. The molecule has 34 heavy (non-hydrogen) atoms. The molecule has 10 heteroatoms. The van der Waals surface area contributed by atoms with Crippen molar-refractivity contribution in [1.82, 2.24) is 24.7 Å². The van der Waals surface area contributed by atoms with E-state index in [4.69, 9.17) is 11.6 Å². The van der Waals surface area contributed by atoms with Crippen molar-refractivity contribution in [2.45, 2.75) is 19.3 Å². The summed E-state index contributed by atoms with van der Waals surface area (Å²) in [5.41, 5.74) is 1.44. The van der Waals surface area contributed by atoms with Crippen LogP contribution in [-0.2, 0) is 19.3 Å². The molecule has 1 fully saturated rings. The van der Waals surface area contributed by atoms with Crippen LogP contribution in [0.5, 0.6) is 0 Å². The average molecular weight is 492 g/mol. The monoisotopic (exact) mass is 491 g/mol. The van der Waals surface area contributed by atoms with Crippen LogP contribution in [0.1, 0.15) is 27.2 Å². The molecule has 0 bridgehead atoms. The lowest BCUT2D eigenvalue weighted by Crippen LogP contribution is -2.43. The lowest BCUT2D eigenvalue weighted by molar-refractivity contribution is -0.137. The molecule has 0 spiro atoms. The summed E-state index contributed by atoms with van der Waals surface area (Å²) in [7, 11) is 2.13. The van der Waals surface area contributed by atoms with Crippen molar-refractivity contribution in [2.24, 2.45) is 0 Å². The maximum atomic E-state index is 12.9. The number of amides is 1. The molecule has 3 heterocycles. The maximum Gasteiger partial charge on any atom is 0.417 e. The Hall–Kier alpha value is -2.88. The van der Waals surface area contributed by atoms with E-state index >= 15 is 0 Å². The fraction of sp³-hybridized carbons (Fsp3) is 0.333. The Morgan fingerprint density at radius 2 is 1.76 bits per heavy atom. The summed E-state index contributed by atoms with van der Waals surface area (Å²) in [6, 6.07) is 12.1. The number of hydrogen-bond donors (Lipinski definition) is 1. The highest BCUT2D eigenvalue weighted by Gasteiger charge is 2.32. The number of piperazine rings is 1. The minimum atomic E-state index is -4.55. The highest BCUT2D eigenvalue weighted by atomic mass is 35.5. The number of benzene rings is 1. The minimum absolute atomic E-state index is 0.0538. The lowest BCUT2D eigenvalue weighted by atomic mass is 10.1. The number of rotatable bonds is 6. The highest BCUT2D eigenvalue weighted by Crippen LogP contribution is 2.32. The van der Waals surface area contributed by atoms with E-state index < -0.39 is 11.7 Å². The summed E-state index contributed by atoms with van der Waals surface area (Å²) in [6.45, 7) is 5.44. The normalized spacial score (nSPS) is 15.4. The van der Waals surface area contributed by atoms with Crippen molar-refractivity contribution in [3.8, 4) is 5.82 Å². The van der Waals surface area contributed by atoms with E-state index in [1.807, 2.05) is 12.1 Å². The molecule has 180 valence electrons. The summed E-state index contributed by atoms with van der Waals surface area (Å²) >= 11 is 6.05. The van der Waals surface area contributed by atoms with Crippen molar-refractivity contribution in [2.75, 3.05) is 33.2 Å². The van der Waals surface area contributed by atoms with E-state index in [2.05, 4.69) is 39.3 Å². The van der Waals surface area contributed by atoms with E-state index in [0.717, 1.165) is 44.4 Å². The van der Waals surface area contributed by atoms with Crippen molar-refractivity contribution in [3.63, 3.8) is 0 Å². The predicted molar refractivity (Wildman–Crippen MR) is 124 cm³/mol. The molecule has 0 aliphatic carbocycles. The Morgan fingerprint density at radius 3 is 2.41 bits per heavy atom. The molecule has 1 aliphatic heterocycles. The van der Waals surface area contributed by atoms with Crippen LogP contribution in [0.4, 0.5) is 13.2 Å². The first-order valence-electron chi connectivity index (χ1n) is 10.9. The van der Waals surface area contributed by atoms with Crippen LogP contribution in [0.25, 0.3) is 5.82 Å². The SMILES string of the molecule is CN1CCN(Cc2ccc(CNC(=O)c3cccn3-c3ncc(C(F)(F)F)cc3Cl)cc2)CC1. The quantitative estimate of drug-likeness (QED) is 0.561. The number of pyridine rings is 1. The molecule has 4 rings (SSSR count). The molecule has 2 aromatic heterocycles. The number of alkyl halides is 3. The van der Waals surface area contributed by atoms with Gasteiger partial charge in [-0.25, -0.2) is 4.98 Å². The zero-order valence-electron chi connectivity index (χ0n) is 18.6. The number of hydrogen-bond acceptors (Lipinski definition) is 4. The first kappa shape index (κ1) is 24.3. The third-order valence-corrected chi connectivity index (χ3v) is 6.11. The van der Waals surface area contributed by atoms with Crippen LogP contribution in [0.3, 0.4) is 0 Å². The summed E-state index contributed by atoms with van der Waals surface area (Å²) in [6.07, 6.45) is -2.32. The van der Waals surface area contributed by atoms with E-state index in [-0.39, 0.29) is 22.4 Å². The second-order valence-electron chi connectivity index (χ2n) is 8.37. The largest absolute Gasteiger partial charge is 0.417 e. The summed E-state index contributed by atoms with van der Waals surface area (Å²) in [5.74, 6) is -0.331. The van der Waals surface area contributed by atoms with Gasteiger partial charge in [-0.15, -0.1) is 0 Å². The molecule has 3 aromatic rings. The first-order valence-corrected chi connectivity index (χ1v) is 11.3. The zero-order chi connectivity index (χ0) is 24.3. The Labute approximate surface area is 200 Å².